The highest BCUT2D eigenvalue weighted by Gasteiger charge is 2.54. The van der Waals surface area contributed by atoms with Gasteiger partial charge in [-0.1, -0.05) is 5.16 Å². The van der Waals surface area contributed by atoms with Crippen LogP contribution >= 0.6 is 23.3 Å². The van der Waals surface area contributed by atoms with Crippen molar-refractivity contribution in [3.05, 3.63) is 47.2 Å². The molecule has 2 aromatic heterocycles. The van der Waals surface area contributed by atoms with E-state index in [4.69, 9.17) is 10.8 Å². The van der Waals surface area contributed by atoms with Crippen LogP contribution in [0.1, 0.15) is 16.2 Å². The monoisotopic (exact) mass is 506 g/mol. The fourth-order valence-electron chi connectivity index (χ4n) is 3.46. The van der Waals surface area contributed by atoms with E-state index in [-0.39, 0.29) is 34.5 Å². The summed E-state index contributed by atoms with van der Waals surface area (Å²) in [7, 11) is 0. The molecule has 0 spiro atoms. The Labute approximate surface area is 198 Å². The summed E-state index contributed by atoms with van der Waals surface area (Å²) in [6.45, 7) is 0.125. The Morgan fingerprint density at radius 3 is 2.53 bits per heavy atom. The summed E-state index contributed by atoms with van der Waals surface area (Å²) in [5.41, 5.74) is 5.28. The zero-order valence-corrected chi connectivity index (χ0v) is 18.6. The number of nitrogens with one attached hydrogen (secondary N) is 1. The summed E-state index contributed by atoms with van der Waals surface area (Å²) in [5.74, 6) is -3.91. The van der Waals surface area contributed by atoms with Gasteiger partial charge in [-0.05, 0) is 0 Å². The number of pyridine rings is 1. The number of rotatable bonds is 7. The van der Waals surface area contributed by atoms with Crippen molar-refractivity contribution in [1.82, 2.24) is 19.6 Å². The number of nitrogens with zero attached hydrogens (tertiary/aromatic N) is 5. The van der Waals surface area contributed by atoms with Gasteiger partial charge in [0, 0.05) is 35.0 Å². The molecule has 0 aromatic carbocycles. The maximum Gasteiger partial charge on any atom is 0.352 e. The van der Waals surface area contributed by atoms with Crippen LogP contribution in [0.2, 0.25) is 0 Å². The van der Waals surface area contributed by atoms with Crippen LogP contribution < -0.4 is 15.6 Å². The molecule has 176 valence electrons. The van der Waals surface area contributed by atoms with Gasteiger partial charge in [-0.2, -0.15) is 9.36 Å². The minimum absolute atomic E-state index is 0.0527. The second-order valence-electron chi connectivity index (χ2n) is 7.09. The number of fused-ring (bicyclic) bond motifs is 1. The first kappa shape index (κ1) is 23.1. The Hall–Kier alpha value is -4.05. The molecule has 6 N–H and O–H groups in total. The Morgan fingerprint density at radius 2 is 1.97 bits per heavy atom. The molecule has 4 heterocycles. The lowest BCUT2D eigenvalue weighted by Gasteiger charge is -2.49. The number of nitrogen functional groups attached to an aromatic ring is 1. The summed E-state index contributed by atoms with van der Waals surface area (Å²) >= 11 is 2.05. The number of aromatic carboxylic acids is 1. The highest BCUT2D eigenvalue weighted by atomic mass is 32.2. The largest absolute Gasteiger partial charge is 0.478 e. The van der Waals surface area contributed by atoms with Gasteiger partial charge in [0.15, 0.2) is 24.1 Å². The van der Waals surface area contributed by atoms with Crippen LogP contribution in [-0.4, -0.2) is 76.3 Å². The van der Waals surface area contributed by atoms with Gasteiger partial charge in [-0.25, -0.2) is 14.2 Å². The van der Waals surface area contributed by atoms with Crippen LogP contribution in [0.5, 0.6) is 0 Å². The first-order chi connectivity index (χ1) is 16.2. The van der Waals surface area contributed by atoms with Crippen LogP contribution in [0.15, 0.2) is 41.0 Å². The standard InChI is InChI=1S/C18H15N7O7S2/c19-18-21-12(23-34-18)9(22-32)13(26)20-10-14(27)25-11(17(30)31)8(6-33-15(10)25)5-24-3-1-7(2-4-24)16(28)29/h1-4,10,15H,5-6H2,(H5-,19,20,21,23,26,28,29,30,31,32)/p+1/t10-,15+/m1/s1. The van der Waals surface area contributed by atoms with E-state index >= 15 is 0 Å². The molecule has 2 atom stereocenters. The average Bonchev–Trinajstić information content (AvgIpc) is 3.23. The summed E-state index contributed by atoms with van der Waals surface area (Å²) in [6, 6.07) is 1.71. The highest BCUT2D eigenvalue weighted by molar-refractivity contribution is 8.00. The second-order valence-corrected chi connectivity index (χ2v) is 8.98. The molecule has 2 aliphatic rings. The summed E-state index contributed by atoms with van der Waals surface area (Å²) in [5, 5.41) is 32.7. The van der Waals surface area contributed by atoms with E-state index in [2.05, 4.69) is 19.8 Å². The number of hydrogen-bond donors (Lipinski definition) is 5. The number of carbonyl (C=O) groups is 4. The number of carboxylic acid groups (broad SMARTS) is 2. The van der Waals surface area contributed by atoms with Crippen LogP contribution in [0.25, 0.3) is 0 Å². The fourth-order valence-corrected chi connectivity index (χ4v) is 5.23. The number of thioether (sulfide) groups is 1. The molecule has 0 bridgehead atoms. The van der Waals surface area contributed by atoms with Gasteiger partial charge >= 0.3 is 11.9 Å². The molecule has 16 heteroatoms. The van der Waals surface area contributed by atoms with E-state index in [9.17, 15) is 29.5 Å². The predicted molar refractivity (Wildman–Crippen MR) is 116 cm³/mol. The quantitative estimate of drug-likeness (QED) is 0.0981. The molecule has 0 unspecified atom stereocenters. The van der Waals surface area contributed by atoms with E-state index in [1.54, 1.807) is 4.57 Å². The maximum atomic E-state index is 12.8. The molecule has 0 saturated carbocycles. The van der Waals surface area contributed by atoms with Crippen molar-refractivity contribution in [3.63, 3.8) is 0 Å². The minimum Gasteiger partial charge on any atom is -0.478 e. The van der Waals surface area contributed by atoms with Crippen molar-refractivity contribution < 1.29 is 39.2 Å². The number of nitrogens with two attached hydrogens (primary N) is 1. The third kappa shape index (κ3) is 4.15. The van der Waals surface area contributed by atoms with Crippen LogP contribution in [-0.2, 0) is 20.9 Å². The number of aromatic nitrogens is 3. The lowest BCUT2D eigenvalue weighted by Crippen LogP contribution is -2.71. The van der Waals surface area contributed by atoms with Crippen molar-refractivity contribution >= 4 is 57.9 Å². The number of hydrogen-bond acceptors (Lipinski definition) is 11. The molecule has 1 fully saturated rings. The zero-order chi connectivity index (χ0) is 24.6. The minimum atomic E-state index is -1.30. The number of carboxylic acids is 2. The molecule has 1 saturated heterocycles. The molecule has 4 rings (SSSR count). The molecule has 2 aliphatic heterocycles. The molecule has 2 amide bonds. The first-order valence-electron chi connectivity index (χ1n) is 9.46. The van der Waals surface area contributed by atoms with E-state index in [1.165, 1.54) is 36.3 Å². The van der Waals surface area contributed by atoms with Crippen molar-refractivity contribution in [2.75, 3.05) is 11.5 Å². The Morgan fingerprint density at radius 1 is 1.26 bits per heavy atom. The number of amides is 2. The van der Waals surface area contributed by atoms with E-state index in [0.717, 1.165) is 16.4 Å². The summed E-state index contributed by atoms with van der Waals surface area (Å²) in [4.78, 5) is 53.2. The lowest BCUT2D eigenvalue weighted by atomic mass is 10.0. The number of anilines is 1. The molecule has 2 aromatic rings. The molecular weight excluding hydrogens is 490 g/mol. The maximum absolute atomic E-state index is 12.8. The van der Waals surface area contributed by atoms with E-state index in [1.807, 2.05) is 0 Å². The SMILES string of the molecule is Nc1nc(C(=NO)C(=O)N[C@@H]2C(=O)N3C(C(=O)O)=C(C[n+]4ccc(C(=O)O)cc4)CS[C@@H]23)ns1. The smallest absolute Gasteiger partial charge is 0.352 e. The molecule has 0 aliphatic carbocycles. The average molecular weight is 507 g/mol. The predicted octanol–water partition coefficient (Wildman–Crippen LogP) is -1.28. The second kappa shape index (κ2) is 9.06. The van der Waals surface area contributed by atoms with Gasteiger partial charge in [0.05, 0.1) is 5.56 Å². The van der Waals surface area contributed by atoms with E-state index in [0.29, 0.717) is 5.57 Å². The molecule has 34 heavy (non-hydrogen) atoms. The number of aliphatic carboxylic acids is 1. The van der Waals surface area contributed by atoms with Crippen LogP contribution in [0.4, 0.5) is 5.13 Å². The number of carbonyl (C=O) groups excluding carboxylic acids is 2. The van der Waals surface area contributed by atoms with Gasteiger partial charge in [0.25, 0.3) is 11.8 Å². The van der Waals surface area contributed by atoms with Crippen molar-refractivity contribution in [2.45, 2.75) is 18.0 Å². The number of β-lactam (4-membered cyclic amide) rings is 1. The zero-order valence-electron chi connectivity index (χ0n) is 17.0. The van der Waals surface area contributed by atoms with Crippen molar-refractivity contribution in [1.29, 1.82) is 0 Å². The van der Waals surface area contributed by atoms with Crippen LogP contribution in [0, 0.1) is 0 Å². The van der Waals surface area contributed by atoms with Crippen molar-refractivity contribution in [2.24, 2.45) is 5.16 Å². The van der Waals surface area contributed by atoms with Gasteiger partial charge in [0.1, 0.15) is 17.1 Å². The third-order valence-electron chi connectivity index (χ3n) is 5.02. The number of oxime groups is 1. The first-order valence-corrected chi connectivity index (χ1v) is 11.3. The van der Waals surface area contributed by atoms with Gasteiger partial charge in [-0.3, -0.25) is 14.5 Å². The highest BCUT2D eigenvalue weighted by Crippen LogP contribution is 2.40. The summed E-state index contributed by atoms with van der Waals surface area (Å²) < 4.78 is 5.40. The Balaban J connectivity index is 1.51. The van der Waals surface area contributed by atoms with Gasteiger partial charge in [0.2, 0.25) is 11.5 Å². The lowest BCUT2D eigenvalue weighted by molar-refractivity contribution is -0.689. The normalized spacial score (nSPS) is 19.9. The topological polar surface area (TPSA) is 212 Å². The molecule has 14 nitrogen and oxygen atoms in total. The fraction of sp³-hybridized carbons (Fsp3) is 0.222. The van der Waals surface area contributed by atoms with Crippen LogP contribution in [0.3, 0.4) is 0 Å². The van der Waals surface area contributed by atoms with Crippen molar-refractivity contribution in [3.8, 4) is 0 Å². The Bertz CT molecular complexity index is 1260. The van der Waals surface area contributed by atoms with E-state index < -0.39 is 40.9 Å². The Kier molecular flexibility index (Phi) is 6.16. The molecule has 0 radical (unpaired) electrons. The van der Waals surface area contributed by atoms with Gasteiger partial charge < -0.3 is 26.5 Å². The summed E-state index contributed by atoms with van der Waals surface area (Å²) in [6.07, 6.45) is 3.01. The molecular formula is C18H16N7O7S2+. The third-order valence-corrected chi connectivity index (χ3v) is 6.90. The van der Waals surface area contributed by atoms with Gasteiger partial charge in [-0.15, -0.1) is 11.8 Å².